The van der Waals surface area contributed by atoms with Gasteiger partial charge in [0, 0.05) is 31.3 Å². The van der Waals surface area contributed by atoms with Crippen molar-refractivity contribution in [3.63, 3.8) is 0 Å². The average Bonchev–Trinajstić information content (AvgIpc) is 3.43. The number of amides is 1. The standard InChI is InChI=1S/C24H29N5O3/c1-24(2,3)32-23(30)28-13-18(14-28)29-12-17(11-25-29)20-7-5-15-9-16(6-8-19(15)20)21-10-22(31-4)27-26-21/h6,8-12,18,20H,5,7,13-14H2,1-4H3,(H,26,27). The summed E-state index contributed by atoms with van der Waals surface area (Å²) < 4.78 is 12.6. The van der Waals surface area contributed by atoms with E-state index in [0.717, 1.165) is 24.1 Å². The van der Waals surface area contributed by atoms with Gasteiger partial charge in [0.1, 0.15) is 5.60 Å². The van der Waals surface area contributed by atoms with Crippen molar-refractivity contribution < 1.29 is 14.3 Å². The molecule has 1 atom stereocenters. The van der Waals surface area contributed by atoms with Crippen LogP contribution in [-0.2, 0) is 11.2 Å². The normalized spacial score (nSPS) is 18.4. The predicted octanol–water partition coefficient (Wildman–Crippen LogP) is 4.15. The Morgan fingerprint density at radius 1 is 1.22 bits per heavy atom. The Morgan fingerprint density at radius 3 is 2.75 bits per heavy atom. The number of hydrogen-bond donors (Lipinski definition) is 1. The zero-order valence-corrected chi connectivity index (χ0v) is 19.0. The molecule has 32 heavy (non-hydrogen) atoms. The number of rotatable bonds is 4. The first-order valence-corrected chi connectivity index (χ1v) is 11.1. The molecule has 1 aromatic carbocycles. The van der Waals surface area contributed by atoms with Crippen LogP contribution in [0.2, 0.25) is 0 Å². The predicted molar refractivity (Wildman–Crippen MR) is 120 cm³/mol. The highest BCUT2D eigenvalue weighted by Gasteiger charge is 2.36. The van der Waals surface area contributed by atoms with Crippen LogP contribution >= 0.6 is 0 Å². The Labute approximate surface area is 187 Å². The fraction of sp³-hybridized carbons (Fsp3) is 0.458. The molecule has 0 bridgehead atoms. The maximum atomic E-state index is 12.2. The van der Waals surface area contributed by atoms with Crippen LogP contribution in [0.25, 0.3) is 11.3 Å². The minimum atomic E-state index is -0.472. The molecule has 0 spiro atoms. The molecule has 1 aliphatic heterocycles. The number of aromatic amines is 1. The number of methoxy groups -OCH3 is 1. The van der Waals surface area contributed by atoms with Crippen LogP contribution in [-0.4, -0.2) is 56.8 Å². The molecule has 168 valence electrons. The summed E-state index contributed by atoms with van der Waals surface area (Å²) in [4.78, 5) is 13.9. The lowest BCUT2D eigenvalue weighted by Crippen LogP contribution is -2.52. The maximum absolute atomic E-state index is 12.2. The fourth-order valence-electron chi connectivity index (χ4n) is 4.52. The van der Waals surface area contributed by atoms with Gasteiger partial charge in [0.05, 0.1) is 25.0 Å². The number of carbonyl (C=O) groups excluding carboxylic acids is 1. The number of nitrogens with one attached hydrogen (secondary N) is 1. The number of ether oxygens (including phenoxy) is 2. The van der Waals surface area contributed by atoms with Gasteiger partial charge in [0.25, 0.3) is 0 Å². The summed E-state index contributed by atoms with van der Waals surface area (Å²) in [6, 6.07) is 8.73. The summed E-state index contributed by atoms with van der Waals surface area (Å²) in [7, 11) is 1.62. The Balaban J connectivity index is 1.26. The summed E-state index contributed by atoms with van der Waals surface area (Å²) in [6.07, 6.45) is 5.98. The van der Waals surface area contributed by atoms with E-state index in [1.54, 1.807) is 12.0 Å². The van der Waals surface area contributed by atoms with Crippen LogP contribution in [0, 0.1) is 0 Å². The van der Waals surface area contributed by atoms with Gasteiger partial charge in [-0.05, 0) is 61.9 Å². The number of aromatic nitrogens is 4. The van der Waals surface area contributed by atoms with Gasteiger partial charge in [-0.2, -0.15) is 5.10 Å². The highest BCUT2D eigenvalue weighted by molar-refractivity contribution is 5.69. The quantitative estimate of drug-likeness (QED) is 0.665. The summed E-state index contributed by atoms with van der Waals surface area (Å²) in [5, 5.41) is 11.8. The molecule has 1 amide bonds. The number of benzene rings is 1. The molecule has 0 radical (unpaired) electrons. The van der Waals surface area contributed by atoms with Crippen LogP contribution in [0.4, 0.5) is 4.79 Å². The third-order valence-electron chi connectivity index (χ3n) is 6.21. The molecule has 8 nitrogen and oxygen atoms in total. The molecule has 2 aromatic heterocycles. The van der Waals surface area contributed by atoms with E-state index in [1.807, 2.05) is 37.7 Å². The van der Waals surface area contributed by atoms with Crippen molar-refractivity contribution in [1.82, 2.24) is 24.9 Å². The van der Waals surface area contributed by atoms with Crippen LogP contribution in [0.15, 0.2) is 36.7 Å². The molecule has 1 unspecified atom stereocenters. The lowest BCUT2D eigenvalue weighted by atomic mass is 9.94. The van der Waals surface area contributed by atoms with Crippen molar-refractivity contribution in [2.24, 2.45) is 0 Å². The Morgan fingerprint density at radius 2 is 2.03 bits per heavy atom. The number of carbonyl (C=O) groups is 1. The Bertz CT molecular complexity index is 1140. The first-order valence-electron chi connectivity index (χ1n) is 11.1. The minimum absolute atomic E-state index is 0.204. The average molecular weight is 436 g/mol. The number of H-pyrrole nitrogens is 1. The first kappa shape index (κ1) is 20.6. The molecular weight excluding hydrogens is 406 g/mol. The zero-order valence-electron chi connectivity index (χ0n) is 19.0. The molecule has 8 heteroatoms. The van der Waals surface area contributed by atoms with Crippen molar-refractivity contribution in [1.29, 1.82) is 0 Å². The lowest BCUT2D eigenvalue weighted by Gasteiger charge is -2.39. The number of aryl methyl sites for hydroxylation is 1. The molecular formula is C24H29N5O3. The molecule has 1 N–H and O–H groups in total. The number of likely N-dealkylation sites (tertiary alicyclic amines) is 1. The third-order valence-corrected chi connectivity index (χ3v) is 6.21. The summed E-state index contributed by atoms with van der Waals surface area (Å²) in [6.45, 7) is 6.92. The lowest BCUT2D eigenvalue weighted by molar-refractivity contribution is -0.000398. The van der Waals surface area contributed by atoms with Crippen LogP contribution < -0.4 is 4.74 Å². The number of nitrogens with zero attached hydrogens (tertiary/aromatic N) is 4. The van der Waals surface area contributed by atoms with Gasteiger partial charge < -0.3 is 14.4 Å². The van der Waals surface area contributed by atoms with Gasteiger partial charge in [-0.25, -0.2) is 4.79 Å². The second-order valence-corrected chi connectivity index (χ2v) is 9.62. The van der Waals surface area contributed by atoms with Crippen molar-refractivity contribution in [3.8, 4) is 17.1 Å². The van der Waals surface area contributed by atoms with Gasteiger partial charge >= 0.3 is 6.09 Å². The third kappa shape index (κ3) is 3.85. The van der Waals surface area contributed by atoms with E-state index in [1.165, 1.54) is 16.7 Å². The molecule has 1 aliphatic carbocycles. The summed E-state index contributed by atoms with van der Waals surface area (Å²) in [5.41, 5.74) is 5.57. The van der Waals surface area contributed by atoms with Crippen molar-refractivity contribution >= 4 is 6.09 Å². The zero-order chi connectivity index (χ0) is 22.5. The monoisotopic (exact) mass is 435 g/mol. The molecule has 3 aromatic rings. The van der Waals surface area contributed by atoms with Gasteiger partial charge in [0.2, 0.25) is 5.88 Å². The van der Waals surface area contributed by atoms with Crippen LogP contribution in [0.5, 0.6) is 5.88 Å². The van der Waals surface area contributed by atoms with Crippen molar-refractivity contribution in [2.45, 2.75) is 51.2 Å². The fourth-order valence-corrected chi connectivity index (χ4v) is 4.52. The van der Waals surface area contributed by atoms with Gasteiger partial charge in [-0.3, -0.25) is 9.78 Å². The molecule has 2 aliphatic rings. The van der Waals surface area contributed by atoms with E-state index in [0.29, 0.717) is 24.9 Å². The van der Waals surface area contributed by atoms with Gasteiger partial charge in [0.15, 0.2) is 0 Å². The summed E-state index contributed by atoms with van der Waals surface area (Å²) in [5.74, 6) is 0.943. The minimum Gasteiger partial charge on any atom is -0.480 e. The molecule has 0 saturated carbocycles. The molecule has 5 rings (SSSR count). The van der Waals surface area contributed by atoms with Gasteiger partial charge in [-0.1, -0.05) is 12.1 Å². The van der Waals surface area contributed by atoms with E-state index < -0.39 is 5.60 Å². The van der Waals surface area contributed by atoms with E-state index >= 15 is 0 Å². The second kappa shape index (κ2) is 7.69. The summed E-state index contributed by atoms with van der Waals surface area (Å²) >= 11 is 0. The second-order valence-electron chi connectivity index (χ2n) is 9.62. The van der Waals surface area contributed by atoms with Crippen molar-refractivity contribution in [2.75, 3.05) is 20.2 Å². The van der Waals surface area contributed by atoms with E-state index in [4.69, 9.17) is 9.47 Å². The Hall–Kier alpha value is -3.29. The maximum Gasteiger partial charge on any atom is 0.410 e. The van der Waals surface area contributed by atoms with E-state index in [-0.39, 0.29) is 12.1 Å². The molecule has 1 saturated heterocycles. The van der Waals surface area contributed by atoms with E-state index in [2.05, 4.69) is 39.7 Å². The largest absolute Gasteiger partial charge is 0.480 e. The molecule has 3 heterocycles. The van der Waals surface area contributed by atoms with Crippen LogP contribution in [0.1, 0.15) is 55.8 Å². The number of fused-ring (bicyclic) bond motifs is 1. The topological polar surface area (TPSA) is 85.3 Å². The Kier molecular flexibility index (Phi) is 4.95. The van der Waals surface area contributed by atoms with Crippen molar-refractivity contribution in [3.05, 3.63) is 53.3 Å². The number of hydrogen-bond acceptors (Lipinski definition) is 5. The molecule has 1 fully saturated rings. The van der Waals surface area contributed by atoms with Crippen LogP contribution in [0.3, 0.4) is 0 Å². The van der Waals surface area contributed by atoms with E-state index in [9.17, 15) is 4.79 Å². The SMILES string of the molecule is COc1cc(-c2ccc3c(c2)CCC3c2cnn(C3CN(C(=O)OC(C)(C)C)C3)c2)[nH]n1. The highest BCUT2D eigenvalue weighted by Crippen LogP contribution is 2.40. The highest BCUT2D eigenvalue weighted by atomic mass is 16.6. The smallest absolute Gasteiger partial charge is 0.410 e. The first-order chi connectivity index (χ1) is 15.3. The van der Waals surface area contributed by atoms with Gasteiger partial charge in [-0.15, -0.1) is 5.10 Å².